The number of hydrogen-bond acceptors (Lipinski definition) is 3. The summed E-state index contributed by atoms with van der Waals surface area (Å²) in [5, 5.41) is 4.31. The van der Waals surface area contributed by atoms with E-state index in [4.69, 9.17) is 21.0 Å². The van der Waals surface area contributed by atoms with E-state index in [0.717, 1.165) is 0 Å². The van der Waals surface area contributed by atoms with Crippen LogP contribution < -0.4 is 27.1 Å². The van der Waals surface area contributed by atoms with Crippen LogP contribution in [0, 0.1) is 9.81 Å². The maximum Gasteiger partial charge on any atom is 0.120 e. The van der Waals surface area contributed by atoms with Crippen molar-refractivity contribution in [3.8, 4) is 0 Å². The van der Waals surface area contributed by atoms with E-state index in [2.05, 4.69) is 96.0 Å². The number of aromatic nitrogens is 2. The summed E-state index contributed by atoms with van der Waals surface area (Å²) in [5.74, 6) is 0. The van der Waals surface area contributed by atoms with E-state index in [-0.39, 0.29) is 17.1 Å². The first-order chi connectivity index (χ1) is 14.3. The molecule has 4 aromatic rings. The van der Waals surface area contributed by atoms with Gasteiger partial charge in [0.15, 0.2) is 0 Å². The fourth-order valence-corrected chi connectivity index (χ4v) is 5.22. The second kappa shape index (κ2) is 16.9. The zero-order valence-electron chi connectivity index (χ0n) is 16.4. The molecule has 2 radical (unpaired) electrons. The first kappa shape index (κ1) is 27.0. The molecule has 1 aromatic heterocycles. The molecule has 0 bridgehead atoms. The van der Waals surface area contributed by atoms with Gasteiger partial charge in [-0.15, -0.1) is 9.81 Å². The Bertz CT molecular complexity index is 802. The summed E-state index contributed by atoms with van der Waals surface area (Å²) in [4.78, 5) is 18.3. The van der Waals surface area contributed by atoms with Crippen molar-refractivity contribution in [2.45, 2.75) is 0 Å². The molecule has 6 nitrogen and oxygen atoms in total. The molecule has 0 atom stereocenters. The zero-order chi connectivity index (χ0) is 21.3. The Hall–Kier alpha value is -2.98. The molecule has 30 heavy (non-hydrogen) atoms. The van der Waals surface area contributed by atoms with Gasteiger partial charge in [0, 0.05) is 36.5 Å². The summed E-state index contributed by atoms with van der Waals surface area (Å²) < 4.78 is 1.89. The van der Waals surface area contributed by atoms with Crippen molar-refractivity contribution in [1.29, 1.82) is 0 Å². The SMILES string of the molecule is Cn1ccnc1.[Fe].[N]=O.[N]=O.c1ccc([PH+](c2ccccc2)c2ccccc2)cc1. The molecule has 0 spiro atoms. The third-order valence-corrected chi connectivity index (χ3v) is 6.56. The molecule has 0 unspecified atom stereocenters. The first-order valence-corrected chi connectivity index (χ1v) is 10.2. The normalized spacial score (nSPS) is 8.73. The molecule has 0 fully saturated rings. The largest absolute Gasteiger partial charge is 0.341 e. The standard InChI is InChI=1S/C18H15P.C4H6N2.Fe.2NO/c1-4-10-16(11-5-1)19(17-12-6-2-7-13-17)18-14-8-3-9-15-18;1-6-3-2-5-4-6;;2*1-2/h1-15H;2-4H,1H3;;;/p+1. The predicted molar refractivity (Wildman–Crippen MR) is 121 cm³/mol. The second-order valence-electron chi connectivity index (χ2n) is 5.70. The zero-order valence-corrected chi connectivity index (χ0v) is 18.5. The Morgan fingerprint density at radius 3 is 1.20 bits per heavy atom. The van der Waals surface area contributed by atoms with Gasteiger partial charge in [-0.25, -0.2) is 4.98 Å². The molecule has 8 heteroatoms. The van der Waals surface area contributed by atoms with Crippen LogP contribution in [0.5, 0.6) is 0 Å². The van der Waals surface area contributed by atoms with Gasteiger partial charge in [0.1, 0.15) is 27.1 Å². The van der Waals surface area contributed by atoms with Crippen molar-refractivity contribution in [1.82, 2.24) is 20.7 Å². The fraction of sp³-hybridized carbons (Fsp3) is 0.0455. The average Bonchev–Trinajstić information content (AvgIpc) is 3.30. The van der Waals surface area contributed by atoms with E-state index in [0.29, 0.717) is 0 Å². The van der Waals surface area contributed by atoms with Gasteiger partial charge >= 0.3 is 0 Å². The smallest absolute Gasteiger partial charge is 0.120 e. The van der Waals surface area contributed by atoms with Gasteiger partial charge in [-0.3, -0.25) is 0 Å². The number of benzene rings is 3. The summed E-state index contributed by atoms with van der Waals surface area (Å²) in [6, 6.07) is 32.5. The molecule has 0 aliphatic heterocycles. The van der Waals surface area contributed by atoms with E-state index in [1.54, 1.807) is 12.5 Å². The average molecular weight is 461 g/mol. The van der Waals surface area contributed by atoms with Crippen LogP contribution in [0.4, 0.5) is 0 Å². The Balaban J connectivity index is 0.000000647. The maximum absolute atomic E-state index is 7.25. The predicted octanol–water partition coefficient (Wildman–Crippen LogP) is 2.70. The van der Waals surface area contributed by atoms with Crippen molar-refractivity contribution in [3.63, 3.8) is 0 Å². The summed E-state index contributed by atoms with van der Waals surface area (Å²) >= 11 is 0. The third-order valence-electron chi connectivity index (χ3n) is 3.82. The molecule has 0 aliphatic rings. The van der Waals surface area contributed by atoms with Crippen LogP contribution in [0.25, 0.3) is 0 Å². The molecule has 0 saturated carbocycles. The van der Waals surface area contributed by atoms with Crippen LogP contribution >= 0.6 is 7.92 Å². The minimum atomic E-state index is -0.877. The van der Waals surface area contributed by atoms with Crippen LogP contribution in [-0.2, 0) is 24.1 Å². The number of rotatable bonds is 3. The monoisotopic (exact) mass is 461 g/mol. The Kier molecular flexibility index (Phi) is 15.2. The maximum atomic E-state index is 7.25. The van der Waals surface area contributed by atoms with Gasteiger partial charge in [0.2, 0.25) is 0 Å². The van der Waals surface area contributed by atoms with Gasteiger partial charge < -0.3 is 4.57 Å². The van der Waals surface area contributed by atoms with Gasteiger partial charge in [-0.1, -0.05) is 54.6 Å². The summed E-state index contributed by atoms with van der Waals surface area (Å²) in [6.07, 6.45) is 5.39. The number of nitroso groups, excluding NO2 is 2. The minimum absolute atomic E-state index is 0. The number of aryl methyl sites for hydroxylation is 1. The van der Waals surface area contributed by atoms with Crippen LogP contribution in [-0.4, -0.2) is 9.55 Å². The van der Waals surface area contributed by atoms with Crippen LogP contribution in [0.1, 0.15) is 0 Å². The quantitative estimate of drug-likeness (QED) is 0.347. The van der Waals surface area contributed by atoms with Crippen molar-refractivity contribution >= 4 is 23.8 Å². The molecule has 0 amide bonds. The van der Waals surface area contributed by atoms with Crippen molar-refractivity contribution in [2.75, 3.05) is 0 Å². The Morgan fingerprint density at radius 2 is 1.00 bits per heavy atom. The van der Waals surface area contributed by atoms with Crippen molar-refractivity contribution in [2.24, 2.45) is 7.05 Å². The van der Waals surface area contributed by atoms with E-state index in [1.807, 2.05) is 17.8 Å². The molecule has 4 rings (SSSR count). The number of imidazole rings is 1. The van der Waals surface area contributed by atoms with Crippen LogP contribution in [0.2, 0.25) is 0 Å². The molecule has 0 saturated heterocycles. The van der Waals surface area contributed by atoms with Crippen molar-refractivity contribution in [3.05, 3.63) is 120 Å². The summed E-state index contributed by atoms with van der Waals surface area (Å²) in [5.41, 5.74) is 11.5. The first-order valence-electron chi connectivity index (χ1n) is 8.66. The molecule has 0 N–H and O–H groups in total. The summed E-state index contributed by atoms with van der Waals surface area (Å²) in [6.45, 7) is 0. The molecule has 154 valence electrons. The van der Waals surface area contributed by atoms with Gasteiger partial charge in [0.25, 0.3) is 0 Å². The minimum Gasteiger partial charge on any atom is -0.341 e. The van der Waals surface area contributed by atoms with Crippen LogP contribution in [0.15, 0.2) is 110 Å². The second-order valence-corrected chi connectivity index (χ2v) is 8.18. The van der Waals surface area contributed by atoms with Gasteiger partial charge in [-0.2, -0.15) is 0 Å². The topological polar surface area (TPSA) is 96.6 Å². The summed E-state index contributed by atoms with van der Waals surface area (Å²) in [7, 11) is 1.06. The van der Waals surface area contributed by atoms with E-state index < -0.39 is 7.92 Å². The fourth-order valence-electron chi connectivity index (χ4n) is 2.64. The molecular weight excluding hydrogens is 439 g/mol. The number of nitrogens with zero attached hydrogens (tertiary/aromatic N) is 4. The van der Waals surface area contributed by atoms with Crippen molar-refractivity contribution < 1.29 is 17.1 Å². The molecule has 0 aliphatic carbocycles. The number of hydrogen-bond donors (Lipinski definition) is 0. The molecule has 3 aromatic carbocycles. The third kappa shape index (κ3) is 9.01. The Labute approximate surface area is 188 Å². The van der Waals surface area contributed by atoms with Crippen LogP contribution in [0.3, 0.4) is 0 Å². The van der Waals surface area contributed by atoms with Gasteiger partial charge in [-0.05, 0) is 36.4 Å². The van der Waals surface area contributed by atoms with E-state index >= 15 is 0 Å². The van der Waals surface area contributed by atoms with E-state index in [9.17, 15) is 0 Å². The molecular formula is C22H22FeN4O2P+. The van der Waals surface area contributed by atoms with E-state index in [1.165, 1.54) is 15.9 Å². The van der Waals surface area contributed by atoms with Gasteiger partial charge in [0.05, 0.1) is 14.2 Å². The Morgan fingerprint density at radius 1 is 0.667 bits per heavy atom. The molecule has 1 heterocycles.